The van der Waals surface area contributed by atoms with Crippen molar-refractivity contribution in [1.29, 1.82) is 0 Å². The lowest BCUT2D eigenvalue weighted by Gasteiger charge is -2.33. The molecule has 0 bridgehead atoms. The molecule has 0 aliphatic carbocycles. The van der Waals surface area contributed by atoms with E-state index >= 15 is 0 Å². The second-order valence-corrected chi connectivity index (χ2v) is 4.79. The molecule has 0 saturated carbocycles. The van der Waals surface area contributed by atoms with E-state index in [1.807, 2.05) is 30.3 Å². The molecule has 1 heterocycles. The van der Waals surface area contributed by atoms with Gasteiger partial charge in [-0.1, -0.05) is 30.3 Å². The number of piperidine rings is 1. The monoisotopic (exact) mass is 279 g/mol. The Morgan fingerprint density at radius 2 is 2.00 bits per heavy atom. The number of hydrogen-bond donors (Lipinski definition) is 2. The van der Waals surface area contributed by atoms with Crippen LogP contribution in [0.15, 0.2) is 30.3 Å². The van der Waals surface area contributed by atoms with Gasteiger partial charge in [-0.2, -0.15) is 0 Å². The van der Waals surface area contributed by atoms with Crippen molar-refractivity contribution in [1.82, 2.24) is 4.90 Å². The number of likely N-dealkylation sites (tertiary alicyclic amines) is 1. The summed E-state index contributed by atoms with van der Waals surface area (Å²) in [6.45, 7) is 0.430. The lowest BCUT2D eigenvalue weighted by atomic mass is 9.95. The van der Waals surface area contributed by atoms with Crippen molar-refractivity contribution in [2.45, 2.75) is 19.1 Å². The van der Waals surface area contributed by atoms with Crippen LogP contribution >= 0.6 is 0 Å². The molecule has 2 N–H and O–H groups in total. The quantitative estimate of drug-likeness (QED) is 0.865. The van der Waals surface area contributed by atoms with Crippen LogP contribution in [-0.4, -0.2) is 46.4 Å². The molecule has 0 spiro atoms. The van der Waals surface area contributed by atoms with Gasteiger partial charge in [-0.05, 0) is 12.0 Å². The van der Waals surface area contributed by atoms with Crippen LogP contribution in [-0.2, 0) is 16.1 Å². The van der Waals surface area contributed by atoms with Gasteiger partial charge >= 0.3 is 12.1 Å². The predicted molar refractivity (Wildman–Crippen MR) is 69.9 cm³/mol. The molecule has 1 saturated heterocycles. The normalized spacial score (nSPS) is 22.4. The highest BCUT2D eigenvalue weighted by Gasteiger charge is 2.35. The maximum absolute atomic E-state index is 11.9. The summed E-state index contributed by atoms with van der Waals surface area (Å²) in [6, 6.07) is 9.25. The van der Waals surface area contributed by atoms with Crippen LogP contribution < -0.4 is 0 Å². The third-order valence-electron chi connectivity index (χ3n) is 3.36. The van der Waals surface area contributed by atoms with Gasteiger partial charge in [0.15, 0.2) is 0 Å². The standard InChI is InChI=1S/C14H17NO5/c16-12-6-7-15(8-11(12)13(17)18)14(19)20-9-10-4-2-1-3-5-10/h1-5,11-12,16H,6-9H2,(H,17,18)/t11-,12+/m1/s1. The number of aliphatic hydroxyl groups excluding tert-OH is 1. The van der Waals surface area contributed by atoms with E-state index in [1.165, 1.54) is 4.90 Å². The summed E-state index contributed by atoms with van der Waals surface area (Å²) in [5, 5.41) is 18.6. The van der Waals surface area contributed by atoms with Gasteiger partial charge in [0, 0.05) is 13.1 Å². The number of ether oxygens (including phenoxy) is 1. The topological polar surface area (TPSA) is 87.1 Å². The Balaban J connectivity index is 1.88. The van der Waals surface area contributed by atoms with E-state index in [1.54, 1.807) is 0 Å². The SMILES string of the molecule is O=C(O)[C@@H]1CN(C(=O)OCc2ccccc2)CC[C@@H]1O. The maximum atomic E-state index is 11.9. The highest BCUT2D eigenvalue weighted by atomic mass is 16.6. The summed E-state index contributed by atoms with van der Waals surface area (Å²) in [6.07, 6.45) is -1.21. The van der Waals surface area contributed by atoms with E-state index < -0.39 is 24.1 Å². The average Bonchev–Trinajstić information content (AvgIpc) is 2.46. The first-order chi connectivity index (χ1) is 9.58. The Bertz CT molecular complexity index is 476. The molecule has 6 heteroatoms. The number of nitrogens with zero attached hydrogens (tertiary/aromatic N) is 1. The van der Waals surface area contributed by atoms with E-state index in [4.69, 9.17) is 9.84 Å². The second kappa shape index (κ2) is 6.38. The average molecular weight is 279 g/mol. The number of carboxylic acids is 1. The number of aliphatic hydroxyl groups is 1. The van der Waals surface area contributed by atoms with Gasteiger partial charge in [0.1, 0.15) is 12.5 Å². The zero-order valence-corrected chi connectivity index (χ0v) is 10.9. The van der Waals surface area contributed by atoms with Crippen molar-refractivity contribution in [3.63, 3.8) is 0 Å². The summed E-state index contributed by atoms with van der Waals surface area (Å²) < 4.78 is 5.14. The van der Waals surface area contributed by atoms with Gasteiger partial charge < -0.3 is 19.8 Å². The molecule has 2 atom stereocenters. The molecule has 0 unspecified atom stereocenters. The highest BCUT2D eigenvalue weighted by molar-refractivity contribution is 5.73. The molecule has 1 amide bonds. The number of carbonyl (C=O) groups is 2. The summed E-state index contributed by atoms with van der Waals surface area (Å²) in [5.74, 6) is -2.05. The molecule has 1 aliphatic rings. The Hall–Kier alpha value is -2.08. The van der Waals surface area contributed by atoms with E-state index in [9.17, 15) is 14.7 Å². The summed E-state index contributed by atoms with van der Waals surface area (Å²) >= 11 is 0. The first-order valence-electron chi connectivity index (χ1n) is 6.44. The highest BCUT2D eigenvalue weighted by Crippen LogP contribution is 2.18. The Kier molecular flexibility index (Phi) is 4.57. The van der Waals surface area contributed by atoms with Crippen molar-refractivity contribution in [3.05, 3.63) is 35.9 Å². The minimum atomic E-state index is -1.10. The Morgan fingerprint density at radius 3 is 2.65 bits per heavy atom. The number of hydrogen-bond acceptors (Lipinski definition) is 4. The van der Waals surface area contributed by atoms with Gasteiger partial charge in [-0.3, -0.25) is 4.79 Å². The van der Waals surface area contributed by atoms with Gasteiger partial charge in [-0.15, -0.1) is 0 Å². The number of aliphatic carboxylic acids is 1. The largest absolute Gasteiger partial charge is 0.481 e. The zero-order chi connectivity index (χ0) is 14.5. The van der Waals surface area contributed by atoms with Gasteiger partial charge in [0.05, 0.1) is 6.10 Å². The lowest BCUT2D eigenvalue weighted by Crippen LogP contribution is -2.48. The third-order valence-corrected chi connectivity index (χ3v) is 3.36. The zero-order valence-electron chi connectivity index (χ0n) is 10.9. The van der Waals surface area contributed by atoms with E-state index in [2.05, 4.69) is 0 Å². The number of amides is 1. The van der Waals surface area contributed by atoms with Crippen molar-refractivity contribution >= 4 is 12.1 Å². The van der Waals surface area contributed by atoms with Crippen LogP contribution in [0.2, 0.25) is 0 Å². The van der Waals surface area contributed by atoms with Crippen LogP contribution in [0.3, 0.4) is 0 Å². The molecular weight excluding hydrogens is 262 g/mol. The van der Waals surface area contributed by atoms with Crippen LogP contribution in [0, 0.1) is 5.92 Å². The molecule has 108 valence electrons. The third kappa shape index (κ3) is 3.48. The summed E-state index contributed by atoms with van der Waals surface area (Å²) in [5.41, 5.74) is 0.868. The number of carbonyl (C=O) groups excluding carboxylic acids is 1. The lowest BCUT2D eigenvalue weighted by molar-refractivity contribution is -0.148. The molecule has 1 aromatic carbocycles. The number of rotatable bonds is 3. The summed E-state index contributed by atoms with van der Waals surface area (Å²) in [4.78, 5) is 24.2. The molecule has 1 aromatic rings. The number of benzene rings is 1. The smallest absolute Gasteiger partial charge is 0.410 e. The van der Waals surface area contributed by atoms with Crippen molar-refractivity contribution in [3.8, 4) is 0 Å². The van der Waals surface area contributed by atoms with Gasteiger partial charge in [-0.25, -0.2) is 4.79 Å². The molecule has 0 radical (unpaired) electrons. The fraction of sp³-hybridized carbons (Fsp3) is 0.429. The van der Waals surface area contributed by atoms with E-state index in [0.29, 0.717) is 6.54 Å². The van der Waals surface area contributed by atoms with Gasteiger partial charge in [0.25, 0.3) is 0 Å². The van der Waals surface area contributed by atoms with Crippen molar-refractivity contribution in [2.75, 3.05) is 13.1 Å². The first-order valence-corrected chi connectivity index (χ1v) is 6.44. The summed E-state index contributed by atoms with van der Waals surface area (Å²) in [7, 11) is 0. The van der Waals surface area contributed by atoms with Crippen LogP contribution in [0.4, 0.5) is 4.79 Å². The fourth-order valence-electron chi connectivity index (χ4n) is 2.16. The molecular formula is C14H17NO5. The number of carboxylic acid groups (broad SMARTS) is 1. The van der Waals surface area contributed by atoms with Gasteiger partial charge in [0.2, 0.25) is 0 Å². The molecule has 2 rings (SSSR count). The van der Waals surface area contributed by atoms with Crippen LogP contribution in [0.5, 0.6) is 0 Å². The molecule has 1 aliphatic heterocycles. The molecule has 6 nitrogen and oxygen atoms in total. The Morgan fingerprint density at radius 1 is 1.30 bits per heavy atom. The van der Waals surface area contributed by atoms with Crippen molar-refractivity contribution in [2.24, 2.45) is 5.92 Å². The predicted octanol–water partition coefficient (Wildman–Crippen LogP) is 1.09. The minimum absolute atomic E-state index is 0.0237. The first kappa shape index (κ1) is 14.3. The van der Waals surface area contributed by atoms with E-state index in [0.717, 1.165) is 5.56 Å². The second-order valence-electron chi connectivity index (χ2n) is 4.79. The van der Waals surface area contributed by atoms with E-state index in [-0.39, 0.29) is 19.6 Å². The molecule has 1 fully saturated rings. The molecule has 0 aromatic heterocycles. The minimum Gasteiger partial charge on any atom is -0.481 e. The molecule has 20 heavy (non-hydrogen) atoms. The van der Waals surface area contributed by atoms with Crippen molar-refractivity contribution < 1.29 is 24.5 Å². The maximum Gasteiger partial charge on any atom is 0.410 e. The van der Waals surface area contributed by atoms with Crippen LogP contribution in [0.1, 0.15) is 12.0 Å². The van der Waals surface area contributed by atoms with Crippen LogP contribution in [0.25, 0.3) is 0 Å². The fourth-order valence-corrected chi connectivity index (χ4v) is 2.16. The Labute approximate surface area is 116 Å².